The van der Waals surface area contributed by atoms with Crippen LogP contribution in [-0.4, -0.2) is 35.4 Å². The minimum Gasteiger partial charge on any atom is -0.395 e. The number of aliphatic hydroxyl groups is 1. The molecule has 5 nitrogen and oxygen atoms in total. The molecule has 0 fully saturated rings. The zero-order chi connectivity index (χ0) is 15.0. The first kappa shape index (κ1) is 15.8. The molecule has 0 radical (unpaired) electrons. The van der Waals surface area contributed by atoms with Gasteiger partial charge in [-0.15, -0.1) is 0 Å². The minimum atomic E-state index is -4.47. The number of aromatic nitrogens is 1. The van der Waals surface area contributed by atoms with Crippen LogP contribution in [0, 0.1) is 11.8 Å². The molecule has 0 aliphatic rings. The molecular weight excluding hydrogens is 275 g/mol. The van der Waals surface area contributed by atoms with E-state index < -0.39 is 18.8 Å². The predicted octanol–water partition coefficient (Wildman–Crippen LogP) is 1.50. The van der Waals surface area contributed by atoms with Crippen molar-refractivity contribution in [2.45, 2.75) is 12.6 Å². The number of nitrogens with one attached hydrogen (secondary N) is 2. The van der Waals surface area contributed by atoms with Gasteiger partial charge in [0.25, 0.3) is 0 Å². The molecule has 0 aliphatic heterocycles. The van der Waals surface area contributed by atoms with E-state index in [9.17, 15) is 18.0 Å². The molecule has 3 N–H and O–H groups in total. The van der Waals surface area contributed by atoms with Crippen molar-refractivity contribution in [1.29, 1.82) is 0 Å². The lowest BCUT2D eigenvalue weighted by atomic mass is 10.2. The first-order valence-electron chi connectivity index (χ1n) is 5.58. The van der Waals surface area contributed by atoms with Crippen molar-refractivity contribution in [2.24, 2.45) is 0 Å². The number of nitrogens with zero attached hydrogens (tertiary/aromatic N) is 1. The van der Waals surface area contributed by atoms with Gasteiger partial charge in [0.2, 0.25) is 0 Å². The Morgan fingerprint density at radius 2 is 2.20 bits per heavy atom. The van der Waals surface area contributed by atoms with Crippen molar-refractivity contribution < 1.29 is 23.1 Å². The monoisotopic (exact) mass is 287 g/mol. The van der Waals surface area contributed by atoms with E-state index >= 15 is 0 Å². The summed E-state index contributed by atoms with van der Waals surface area (Å²) in [6, 6.07) is 1.98. The number of pyridine rings is 1. The Morgan fingerprint density at radius 1 is 1.45 bits per heavy atom. The summed E-state index contributed by atoms with van der Waals surface area (Å²) < 4.78 is 35.7. The summed E-state index contributed by atoms with van der Waals surface area (Å²) in [7, 11) is 0. The summed E-state index contributed by atoms with van der Waals surface area (Å²) in [6.45, 7) is -1.49. The molecule has 8 heteroatoms. The highest BCUT2D eigenvalue weighted by Gasteiger charge is 2.27. The van der Waals surface area contributed by atoms with Crippen LogP contribution in [0.15, 0.2) is 18.3 Å². The second kappa shape index (κ2) is 7.35. The van der Waals surface area contributed by atoms with E-state index in [1.807, 2.05) is 0 Å². The van der Waals surface area contributed by atoms with Crippen LogP contribution >= 0.6 is 0 Å². The van der Waals surface area contributed by atoms with Crippen LogP contribution in [0.3, 0.4) is 0 Å². The zero-order valence-electron chi connectivity index (χ0n) is 10.3. The summed E-state index contributed by atoms with van der Waals surface area (Å²) in [5.41, 5.74) is 0.527. The molecule has 0 bridgehead atoms. The number of carbonyl (C=O) groups excluding carboxylic acids is 1. The van der Waals surface area contributed by atoms with Gasteiger partial charge in [0.05, 0.1) is 6.61 Å². The summed E-state index contributed by atoms with van der Waals surface area (Å²) in [5.74, 6) is 5.47. The molecule has 1 aromatic rings. The lowest BCUT2D eigenvalue weighted by molar-refractivity contribution is -0.122. The molecule has 2 amide bonds. The zero-order valence-corrected chi connectivity index (χ0v) is 10.3. The average Bonchev–Trinajstić information content (AvgIpc) is 2.36. The highest BCUT2D eigenvalue weighted by atomic mass is 19.4. The molecule has 0 saturated heterocycles. The van der Waals surface area contributed by atoms with E-state index in [1.54, 1.807) is 11.4 Å². The van der Waals surface area contributed by atoms with Gasteiger partial charge in [-0.2, -0.15) is 13.2 Å². The molecule has 0 atom stereocenters. The minimum absolute atomic E-state index is 0.0664. The SMILES string of the molecule is O=C(NCC(F)(F)F)Nc1cc(C#CCCO)ccn1. The van der Waals surface area contributed by atoms with Gasteiger partial charge in [-0.25, -0.2) is 9.78 Å². The van der Waals surface area contributed by atoms with Gasteiger partial charge in [-0.1, -0.05) is 11.8 Å². The molecule has 0 spiro atoms. The second-order valence-corrected chi connectivity index (χ2v) is 3.63. The number of carbonyl (C=O) groups is 1. The maximum Gasteiger partial charge on any atom is 0.405 e. The van der Waals surface area contributed by atoms with Crippen molar-refractivity contribution in [3.8, 4) is 11.8 Å². The first-order valence-corrected chi connectivity index (χ1v) is 5.58. The molecule has 108 valence electrons. The molecular formula is C12H12F3N3O2. The maximum atomic E-state index is 11.9. The van der Waals surface area contributed by atoms with Gasteiger partial charge in [-0.3, -0.25) is 5.32 Å². The third-order valence-electron chi connectivity index (χ3n) is 1.92. The first-order chi connectivity index (χ1) is 9.40. The number of hydrogen-bond donors (Lipinski definition) is 3. The van der Waals surface area contributed by atoms with Crippen LogP contribution in [0.2, 0.25) is 0 Å². The number of amides is 2. The number of aliphatic hydroxyl groups excluding tert-OH is 1. The Hall–Kier alpha value is -2.27. The maximum absolute atomic E-state index is 11.9. The largest absolute Gasteiger partial charge is 0.405 e. The van der Waals surface area contributed by atoms with Gasteiger partial charge < -0.3 is 10.4 Å². The van der Waals surface area contributed by atoms with Crippen LogP contribution in [0.5, 0.6) is 0 Å². The molecule has 0 aliphatic carbocycles. The number of halogens is 3. The Kier molecular flexibility index (Phi) is 5.80. The topological polar surface area (TPSA) is 74.2 Å². The molecule has 1 aromatic heterocycles. The molecule has 20 heavy (non-hydrogen) atoms. The average molecular weight is 287 g/mol. The summed E-state index contributed by atoms with van der Waals surface area (Å²) in [4.78, 5) is 15.0. The van der Waals surface area contributed by atoms with Gasteiger partial charge in [0, 0.05) is 18.2 Å². The highest BCUT2D eigenvalue weighted by Crippen LogP contribution is 2.12. The predicted molar refractivity (Wildman–Crippen MR) is 65.9 cm³/mol. The summed E-state index contributed by atoms with van der Waals surface area (Å²) in [5, 5.41) is 12.4. The summed E-state index contributed by atoms with van der Waals surface area (Å²) in [6.07, 6.45) is -2.80. The van der Waals surface area contributed by atoms with E-state index in [0.29, 0.717) is 12.0 Å². The Morgan fingerprint density at radius 3 is 2.85 bits per heavy atom. The summed E-state index contributed by atoms with van der Waals surface area (Å²) >= 11 is 0. The number of hydrogen-bond acceptors (Lipinski definition) is 3. The Bertz CT molecular complexity index is 521. The van der Waals surface area contributed by atoms with E-state index in [0.717, 1.165) is 0 Å². The van der Waals surface area contributed by atoms with Gasteiger partial charge >= 0.3 is 12.2 Å². The fourth-order valence-electron chi connectivity index (χ4n) is 1.14. The highest BCUT2D eigenvalue weighted by molar-refractivity contribution is 5.88. The van der Waals surface area contributed by atoms with Crippen LogP contribution in [0.1, 0.15) is 12.0 Å². The van der Waals surface area contributed by atoms with E-state index in [1.165, 1.54) is 12.3 Å². The fourth-order valence-corrected chi connectivity index (χ4v) is 1.14. The lowest BCUT2D eigenvalue weighted by Crippen LogP contribution is -2.36. The quantitative estimate of drug-likeness (QED) is 0.738. The molecule has 0 saturated carbocycles. The fraction of sp³-hybridized carbons (Fsp3) is 0.333. The van der Waals surface area contributed by atoms with E-state index in [-0.39, 0.29) is 12.4 Å². The standard InChI is InChI=1S/C12H12F3N3O2/c13-12(14,15)8-17-11(20)18-10-7-9(4-5-16-10)3-1-2-6-19/h4-5,7,19H,2,6,8H2,(H2,16,17,18,20). The van der Waals surface area contributed by atoms with Gasteiger partial charge in [0.1, 0.15) is 12.4 Å². The third-order valence-corrected chi connectivity index (χ3v) is 1.92. The van der Waals surface area contributed by atoms with Crippen molar-refractivity contribution in [1.82, 2.24) is 10.3 Å². The molecule has 1 rings (SSSR count). The Labute approximate surface area is 113 Å². The van der Waals surface area contributed by atoms with Crippen LogP contribution < -0.4 is 10.6 Å². The van der Waals surface area contributed by atoms with Crippen LogP contribution in [-0.2, 0) is 0 Å². The molecule has 0 aromatic carbocycles. The second-order valence-electron chi connectivity index (χ2n) is 3.63. The molecule has 1 heterocycles. The molecule has 0 unspecified atom stereocenters. The number of anilines is 1. The third kappa shape index (κ3) is 6.61. The number of rotatable bonds is 3. The number of urea groups is 1. The Balaban J connectivity index is 2.58. The van der Waals surface area contributed by atoms with Crippen molar-refractivity contribution >= 4 is 11.8 Å². The van der Waals surface area contributed by atoms with Crippen molar-refractivity contribution in [2.75, 3.05) is 18.5 Å². The smallest absolute Gasteiger partial charge is 0.395 e. The number of alkyl halides is 3. The van der Waals surface area contributed by atoms with Crippen LogP contribution in [0.25, 0.3) is 0 Å². The van der Waals surface area contributed by atoms with E-state index in [4.69, 9.17) is 5.11 Å². The lowest BCUT2D eigenvalue weighted by Gasteiger charge is -2.09. The van der Waals surface area contributed by atoms with Gasteiger partial charge in [0.15, 0.2) is 0 Å². The van der Waals surface area contributed by atoms with Crippen molar-refractivity contribution in [3.63, 3.8) is 0 Å². The van der Waals surface area contributed by atoms with E-state index in [2.05, 4.69) is 22.1 Å². The normalized spacial score (nSPS) is 10.4. The van der Waals surface area contributed by atoms with Crippen molar-refractivity contribution in [3.05, 3.63) is 23.9 Å². The van der Waals surface area contributed by atoms with Crippen LogP contribution in [0.4, 0.5) is 23.8 Å². The van der Waals surface area contributed by atoms with Gasteiger partial charge in [-0.05, 0) is 12.1 Å².